The predicted octanol–water partition coefficient (Wildman–Crippen LogP) is 3.03. The van der Waals surface area contributed by atoms with E-state index < -0.39 is 0 Å². The van der Waals surface area contributed by atoms with Gasteiger partial charge >= 0.3 is 0 Å². The number of benzene rings is 2. The second kappa shape index (κ2) is 8.02. The van der Waals surface area contributed by atoms with E-state index in [1.165, 1.54) is 5.46 Å². The normalized spacial score (nSPS) is 17.5. The van der Waals surface area contributed by atoms with Crippen LogP contribution in [0.3, 0.4) is 0 Å². The first kappa shape index (κ1) is 19.1. The maximum Gasteiger partial charge on any atom is 0.139 e. The van der Waals surface area contributed by atoms with Crippen LogP contribution in [0, 0.1) is 5.82 Å². The van der Waals surface area contributed by atoms with Gasteiger partial charge in [-0.3, -0.25) is 4.98 Å². The molecule has 1 atom stereocenters. The number of pyridine rings is 1. The number of hydrogen-bond acceptors (Lipinski definition) is 3. The van der Waals surface area contributed by atoms with Crippen LogP contribution in [0.2, 0.25) is 0 Å². The number of fused-ring (bicyclic) bond motifs is 1. The maximum absolute atomic E-state index is 13.4. The van der Waals surface area contributed by atoms with Crippen molar-refractivity contribution in [1.82, 2.24) is 10.3 Å². The highest BCUT2D eigenvalue weighted by Crippen LogP contribution is 2.36. The lowest BCUT2D eigenvalue weighted by Gasteiger charge is -2.39. The Morgan fingerprint density at radius 1 is 1.18 bits per heavy atom. The minimum atomic E-state index is -0.195. The lowest BCUT2D eigenvalue weighted by atomic mass is 9.74. The van der Waals surface area contributed by atoms with Gasteiger partial charge in [0, 0.05) is 17.2 Å². The average molecular weight is 376 g/mol. The molecule has 2 heterocycles. The highest BCUT2D eigenvalue weighted by atomic mass is 19.1. The van der Waals surface area contributed by atoms with Crippen molar-refractivity contribution in [3.8, 4) is 0 Å². The summed E-state index contributed by atoms with van der Waals surface area (Å²) in [5, 5.41) is 4.57. The highest BCUT2D eigenvalue weighted by Gasteiger charge is 2.35. The molecule has 0 spiro atoms. The molecule has 4 rings (SSSR count). The molecule has 0 amide bonds. The lowest BCUT2D eigenvalue weighted by Crippen LogP contribution is -2.43. The Kier molecular flexibility index (Phi) is 5.47. The molecule has 0 bridgehead atoms. The van der Waals surface area contributed by atoms with E-state index in [0.29, 0.717) is 6.61 Å². The smallest absolute Gasteiger partial charge is 0.139 e. The predicted molar refractivity (Wildman–Crippen MR) is 114 cm³/mol. The van der Waals surface area contributed by atoms with E-state index >= 15 is 0 Å². The van der Waals surface area contributed by atoms with E-state index in [1.54, 1.807) is 12.1 Å². The third-order valence-corrected chi connectivity index (χ3v) is 5.94. The third kappa shape index (κ3) is 3.82. The molecule has 2 aromatic carbocycles. The molecule has 5 heteroatoms. The van der Waals surface area contributed by atoms with Crippen LogP contribution >= 0.6 is 0 Å². The number of piperidine rings is 1. The molecule has 3 aromatic rings. The molecule has 1 saturated heterocycles. The van der Waals surface area contributed by atoms with Crippen molar-refractivity contribution < 1.29 is 9.13 Å². The van der Waals surface area contributed by atoms with Gasteiger partial charge in [-0.25, -0.2) is 4.39 Å². The summed E-state index contributed by atoms with van der Waals surface area (Å²) >= 11 is 0. The first-order valence-corrected chi connectivity index (χ1v) is 10.0. The van der Waals surface area contributed by atoms with Crippen molar-refractivity contribution in [3.05, 3.63) is 71.7 Å². The molecule has 1 unspecified atom stereocenters. The Morgan fingerprint density at radius 2 is 1.93 bits per heavy atom. The fraction of sp³-hybridized carbons (Fsp3) is 0.348. The van der Waals surface area contributed by atoms with Crippen molar-refractivity contribution in [2.75, 3.05) is 19.7 Å². The quantitative estimate of drug-likeness (QED) is 0.696. The molecule has 28 heavy (non-hydrogen) atoms. The molecule has 144 valence electrons. The largest absolute Gasteiger partial charge is 0.373 e. The van der Waals surface area contributed by atoms with E-state index in [1.807, 2.05) is 24.4 Å². The first-order chi connectivity index (χ1) is 13.6. The Labute approximate surface area is 166 Å². The summed E-state index contributed by atoms with van der Waals surface area (Å²) in [7, 11) is 2.11. The number of rotatable bonds is 5. The standard InChI is InChI=1S/C23H26BFN2O/c1-16(21-14-19(24)13-17-3-2-10-27-22(17)21)28-15-23(8-11-26-12-9-23)18-4-6-20(25)7-5-18/h2-7,10,13-14,16,26H,8-9,11-12,15,24H2,1H3. The summed E-state index contributed by atoms with van der Waals surface area (Å²) in [4.78, 5) is 4.59. The minimum absolute atomic E-state index is 0.0653. The summed E-state index contributed by atoms with van der Waals surface area (Å²) < 4.78 is 19.9. The summed E-state index contributed by atoms with van der Waals surface area (Å²) in [6.07, 6.45) is 3.74. The Balaban J connectivity index is 1.60. The summed E-state index contributed by atoms with van der Waals surface area (Å²) in [6, 6.07) is 15.3. The van der Waals surface area contributed by atoms with Gasteiger partial charge in [-0.05, 0) is 62.0 Å². The molecule has 0 saturated carbocycles. The van der Waals surface area contributed by atoms with Gasteiger partial charge in [0.05, 0.1) is 18.2 Å². The second-order valence-electron chi connectivity index (χ2n) is 7.92. The molecule has 1 aromatic heterocycles. The maximum atomic E-state index is 13.4. The monoisotopic (exact) mass is 376 g/mol. The molecule has 1 fully saturated rings. The van der Waals surface area contributed by atoms with Crippen molar-refractivity contribution in [3.63, 3.8) is 0 Å². The number of nitrogens with one attached hydrogen (secondary N) is 1. The molecule has 1 aliphatic heterocycles. The van der Waals surface area contributed by atoms with Crippen LogP contribution < -0.4 is 10.8 Å². The van der Waals surface area contributed by atoms with Crippen molar-refractivity contribution in [2.24, 2.45) is 0 Å². The van der Waals surface area contributed by atoms with Gasteiger partial charge < -0.3 is 10.1 Å². The molecule has 1 aliphatic rings. The van der Waals surface area contributed by atoms with E-state index in [4.69, 9.17) is 4.74 Å². The highest BCUT2D eigenvalue weighted by molar-refractivity contribution is 6.33. The first-order valence-electron chi connectivity index (χ1n) is 10.0. The van der Waals surface area contributed by atoms with Crippen molar-refractivity contribution in [2.45, 2.75) is 31.3 Å². The molecule has 3 nitrogen and oxygen atoms in total. The number of ether oxygens (including phenoxy) is 1. The third-order valence-electron chi connectivity index (χ3n) is 5.94. The molecular weight excluding hydrogens is 350 g/mol. The fourth-order valence-corrected chi connectivity index (χ4v) is 4.29. The number of aromatic nitrogens is 1. The number of halogens is 1. The fourth-order valence-electron chi connectivity index (χ4n) is 4.29. The zero-order chi connectivity index (χ0) is 19.6. The zero-order valence-electron chi connectivity index (χ0n) is 16.5. The van der Waals surface area contributed by atoms with Gasteiger partial charge in [-0.2, -0.15) is 0 Å². The van der Waals surface area contributed by atoms with Gasteiger partial charge in [0.15, 0.2) is 0 Å². The molecular formula is C23H26BFN2O. The number of nitrogens with zero attached hydrogens (tertiary/aromatic N) is 1. The van der Waals surface area contributed by atoms with Crippen molar-refractivity contribution in [1.29, 1.82) is 0 Å². The summed E-state index contributed by atoms with van der Waals surface area (Å²) in [5.74, 6) is -0.195. The van der Waals surface area contributed by atoms with Crippen LogP contribution in [0.4, 0.5) is 4.39 Å². The average Bonchev–Trinajstić information content (AvgIpc) is 2.72. The van der Waals surface area contributed by atoms with Gasteiger partial charge in [0.2, 0.25) is 0 Å². The summed E-state index contributed by atoms with van der Waals surface area (Å²) in [6.45, 7) is 4.61. The number of hydrogen-bond donors (Lipinski definition) is 1. The second-order valence-corrected chi connectivity index (χ2v) is 7.92. The van der Waals surface area contributed by atoms with Crippen LogP contribution in [0.15, 0.2) is 54.7 Å². The van der Waals surface area contributed by atoms with Crippen LogP contribution in [0.5, 0.6) is 0 Å². The van der Waals surface area contributed by atoms with Crippen molar-refractivity contribution >= 4 is 24.2 Å². The zero-order valence-corrected chi connectivity index (χ0v) is 16.5. The van der Waals surface area contributed by atoms with Crippen LogP contribution in [0.25, 0.3) is 10.9 Å². The van der Waals surface area contributed by atoms with Gasteiger partial charge in [-0.15, -0.1) is 0 Å². The van der Waals surface area contributed by atoms with Gasteiger partial charge in [0.25, 0.3) is 0 Å². The summed E-state index contributed by atoms with van der Waals surface area (Å²) in [5.41, 5.74) is 4.41. The lowest BCUT2D eigenvalue weighted by molar-refractivity contribution is 0.0173. The topological polar surface area (TPSA) is 34.1 Å². The van der Waals surface area contributed by atoms with Crippen LogP contribution in [0.1, 0.15) is 37.0 Å². The van der Waals surface area contributed by atoms with E-state index in [-0.39, 0.29) is 17.3 Å². The van der Waals surface area contributed by atoms with Crippen LogP contribution in [-0.4, -0.2) is 32.5 Å². The Morgan fingerprint density at radius 3 is 2.68 bits per heavy atom. The minimum Gasteiger partial charge on any atom is -0.373 e. The van der Waals surface area contributed by atoms with E-state index in [9.17, 15) is 4.39 Å². The SMILES string of the molecule is Bc1cc(C(C)OCC2(c3ccc(F)cc3)CCNCC2)c2ncccc2c1. The van der Waals surface area contributed by atoms with Crippen LogP contribution in [-0.2, 0) is 10.2 Å². The van der Waals surface area contributed by atoms with E-state index in [0.717, 1.165) is 48.0 Å². The molecule has 1 N–H and O–H groups in total. The Hall–Kier alpha value is -2.24. The van der Waals surface area contributed by atoms with Gasteiger partial charge in [0.1, 0.15) is 13.7 Å². The molecule has 0 aliphatic carbocycles. The van der Waals surface area contributed by atoms with E-state index in [2.05, 4.69) is 43.3 Å². The Bertz CT molecular complexity index is 954. The van der Waals surface area contributed by atoms with Gasteiger partial charge in [-0.1, -0.05) is 35.8 Å². The molecule has 0 radical (unpaired) electrons.